The molecule has 3 aromatic rings. The molecule has 102 valence electrons. The summed E-state index contributed by atoms with van der Waals surface area (Å²) in [4.78, 5) is 2.06. The lowest BCUT2D eigenvalue weighted by atomic mass is 10.2. The van der Waals surface area contributed by atoms with E-state index in [2.05, 4.69) is 26.3 Å². The molecule has 0 N–H and O–H groups in total. The van der Waals surface area contributed by atoms with Crippen LogP contribution in [-0.2, 0) is 6.54 Å². The van der Waals surface area contributed by atoms with Gasteiger partial charge in [0.05, 0.1) is 7.11 Å². The molecule has 0 saturated heterocycles. The van der Waals surface area contributed by atoms with Gasteiger partial charge in [-0.3, -0.25) is 0 Å². The standard InChI is InChI=1S/C14H15N5O/c1-18(9-11-4-3-5-12(8-11)20-2)14-7-6-13-16-15-10-19(13)17-14/h3-8,10H,9H2,1-2H3. The van der Waals surface area contributed by atoms with Crippen molar-refractivity contribution in [1.29, 1.82) is 0 Å². The van der Waals surface area contributed by atoms with Crippen molar-refractivity contribution in [2.45, 2.75) is 6.54 Å². The second-order valence-corrected chi connectivity index (χ2v) is 4.53. The highest BCUT2D eigenvalue weighted by Crippen LogP contribution is 2.17. The zero-order chi connectivity index (χ0) is 13.9. The summed E-state index contributed by atoms with van der Waals surface area (Å²) in [6.45, 7) is 0.748. The molecule has 0 atom stereocenters. The van der Waals surface area contributed by atoms with Crippen molar-refractivity contribution in [3.8, 4) is 5.75 Å². The molecule has 0 aliphatic heterocycles. The Bertz CT molecular complexity index is 724. The minimum Gasteiger partial charge on any atom is -0.497 e. The fraction of sp³-hybridized carbons (Fsp3) is 0.214. The summed E-state index contributed by atoms with van der Waals surface area (Å²) in [6, 6.07) is 11.8. The normalized spacial score (nSPS) is 10.7. The molecule has 0 amide bonds. The Hall–Kier alpha value is -2.63. The summed E-state index contributed by atoms with van der Waals surface area (Å²) >= 11 is 0. The van der Waals surface area contributed by atoms with Crippen LogP contribution in [0.2, 0.25) is 0 Å². The zero-order valence-electron chi connectivity index (χ0n) is 11.4. The van der Waals surface area contributed by atoms with Crippen LogP contribution in [0.25, 0.3) is 5.65 Å². The molecule has 6 nitrogen and oxygen atoms in total. The number of methoxy groups -OCH3 is 1. The number of aromatic nitrogens is 4. The number of ether oxygens (including phenoxy) is 1. The summed E-state index contributed by atoms with van der Waals surface area (Å²) in [5, 5.41) is 12.2. The van der Waals surface area contributed by atoms with Gasteiger partial charge in [-0.2, -0.15) is 4.52 Å². The summed E-state index contributed by atoms with van der Waals surface area (Å²) in [5.74, 6) is 1.72. The van der Waals surface area contributed by atoms with Crippen LogP contribution in [-0.4, -0.2) is 34.0 Å². The van der Waals surface area contributed by atoms with Gasteiger partial charge >= 0.3 is 0 Å². The molecular formula is C14H15N5O. The lowest BCUT2D eigenvalue weighted by molar-refractivity contribution is 0.414. The molecule has 20 heavy (non-hydrogen) atoms. The SMILES string of the molecule is COc1cccc(CN(C)c2ccc3nncn3n2)c1. The molecule has 6 heteroatoms. The van der Waals surface area contributed by atoms with Gasteiger partial charge in [-0.05, 0) is 29.8 Å². The molecule has 2 aromatic heterocycles. The zero-order valence-corrected chi connectivity index (χ0v) is 11.4. The highest BCUT2D eigenvalue weighted by molar-refractivity contribution is 5.45. The molecule has 2 heterocycles. The van der Waals surface area contributed by atoms with Crippen molar-refractivity contribution in [1.82, 2.24) is 19.8 Å². The maximum absolute atomic E-state index is 5.23. The summed E-state index contributed by atoms with van der Waals surface area (Å²) < 4.78 is 6.90. The van der Waals surface area contributed by atoms with Gasteiger partial charge in [0.2, 0.25) is 0 Å². The first-order valence-electron chi connectivity index (χ1n) is 6.27. The van der Waals surface area contributed by atoms with Crippen molar-refractivity contribution >= 4 is 11.5 Å². The van der Waals surface area contributed by atoms with Gasteiger partial charge in [0.1, 0.15) is 17.9 Å². The number of benzene rings is 1. The molecule has 0 fully saturated rings. The number of rotatable bonds is 4. The van der Waals surface area contributed by atoms with Crippen LogP contribution < -0.4 is 9.64 Å². The highest BCUT2D eigenvalue weighted by atomic mass is 16.5. The third kappa shape index (κ3) is 2.40. The van der Waals surface area contributed by atoms with E-state index in [4.69, 9.17) is 4.74 Å². The minimum absolute atomic E-state index is 0.739. The first-order chi connectivity index (χ1) is 9.76. The Balaban J connectivity index is 1.82. The van der Waals surface area contributed by atoms with E-state index in [9.17, 15) is 0 Å². The minimum atomic E-state index is 0.739. The van der Waals surface area contributed by atoms with Gasteiger partial charge in [-0.25, -0.2) is 0 Å². The molecule has 1 aromatic carbocycles. The summed E-state index contributed by atoms with van der Waals surface area (Å²) in [7, 11) is 3.67. The highest BCUT2D eigenvalue weighted by Gasteiger charge is 2.06. The Morgan fingerprint density at radius 1 is 1.25 bits per heavy atom. The largest absolute Gasteiger partial charge is 0.497 e. The molecule has 0 aliphatic rings. The van der Waals surface area contributed by atoms with Gasteiger partial charge < -0.3 is 9.64 Å². The van der Waals surface area contributed by atoms with E-state index in [1.807, 2.05) is 37.4 Å². The molecule has 0 radical (unpaired) electrons. The van der Waals surface area contributed by atoms with Crippen molar-refractivity contribution in [2.75, 3.05) is 19.1 Å². The van der Waals surface area contributed by atoms with E-state index in [1.165, 1.54) is 0 Å². The maximum Gasteiger partial charge on any atom is 0.177 e. The molecular weight excluding hydrogens is 254 g/mol. The Morgan fingerprint density at radius 2 is 2.15 bits per heavy atom. The smallest absolute Gasteiger partial charge is 0.177 e. The second kappa shape index (κ2) is 5.16. The first kappa shape index (κ1) is 12.4. The Kier molecular flexibility index (Phi) is 3.20. The lowest BCUT2D eigenvalue weighted by Crippen LogP contribution is -2.18. The van der Waals surface area contributed by atoms with E-state index >= 15 is 0 Å². The Morgan fingerprint density at radius 3 is 3.00 bits per heavy atom. The van der Waals surface area contributed by atoms with Gasteiger partial charge in [0.15, 0.2) is 5.65 Å². The van der Waals surface area contributed by atoms with Crippen LogP contribution in [0.15, 0.2) is 42.7 Å². The monoisotopic (exact) mass is 269 g/mol. The number of hydrogen-bond donors (Lipinski definition) is 0. The summed E-state index contributed by atoms with van der Waals surface area (Å²) in [6.07, 6.45) is 1.60. The molecule has 0 spiro atoms. The number of fused-ring (bicyclic) bond motifs is 1. The Labute approximate surface area is 116 Å². The number of anilines is 1. The fourth-order valence-corrected chi connectivity index (χ4v) is 2.05. The predicted molar refractivity (Wildman–Crippen MR) is 75.9 cm³/mol. The lowest BCUT2D eigenvalue weighted by Gasteiger charge is -2.18. The first-order valence-corrected chi connectivity index (χ1v) is 6.27. The molecule has 3 rings (SSSR count). The van der Waals surface area contributed by atoms with Crippen molar-refractivity contribution in [2.24, 2.45) is 0 Å². The van der Waals surface area contributed by atoms with Crippen molar-refractivity contribution in [3.63, 3.8) is 0 Å². The van der Waals surface area contributed by atoms with Crippen molar-refractivity contribution < 1.29 is 4.74 Å². The van der Waals surface area contributed by atoms with Crippen LogP contribution in [0, 0.1) is 0 Å². The average molecular weight is 269 g/mol. The van der Waals surface area contributed by atoms with Gasteiger partial charge in [0.25, 0.3) is 0 Å². The quantitative estimate of drug-likeness (QED) is 0.722. The third-order valence-electron chi connectivity index (χ3n) is 3.09. The van der Waals surface area contributed by atoms with Crippen LogP contribution in [0.3, 0.4) is 0 Å². The predicted octanol–water partition coefficient (Wildman–Crippen LogP) is 1.77. The second-order valence-electron chi connectivity index (χ2n) is 4.53. The molecule has 0 aliphatic carbocycles. The number of hydrogen-bond acceptors (Lipinski definition) is 5. The molecule has 0 unspecified atom stereocenters. The van der Waals surface area contributed by atoms with Crippen LogP contribution in [0.1, 0.15) is 5.56 Å². The molecule has 0 bridgehead atoms. The van der Waals surface area contributed by atoms with Crippen LogP contribution in [0.4, 0.5) is 5.82 Å². The van der Waals surface area contributed by atoms with E-state index in [0.29, 0.717) is 0 Å². The van der Waals surface area contributed by atoms with Gasteiger partial charge in [0, 0.05) is 13.6 Å². The van der Waals surface area contributed by atoms with Crippen LogP contribution in [0.5, 0.6) is 5.75 Å². The summed E-state index contributed by atoms with van der Waals surface area (Å²) in [5.41, 5.74) is 1.90. The van der Waals surface area contributed by atoms with Crippen LogP contribution >= 0.6 is 0 Å². The van der Waals surface area contributed by atoms with E-state index in [-0.39, 0.29) is 0 Å². The van der Waals surface area contributed by atoms with Gasteiger partial charge in [-0.15, -0.1) is 15.3 Å². The topological polar surface area (TPSA) is 55.5 Å². The number of nitrogens with zero attached hydrogens (tertiary/aromatic N) is 5. The van der Waals surface area contributed by atoms with E-state index < -0.39 is 0 Å². The third-order valence-corrected chi connectivity index (χ3v) is 3.09. The van der Waals surface area contributed by atoms with E-state index in [1.54, 1.807) is 18.0 Å². The molecule has 0 saturated carbocycles. The maximum atomic E-state index is 5.23. The van der Waals surface area contributed by atoms with E-state index in [0.717, 1.165) is 29.3 Å². The van der Waals surface area contributed by atoms with Crippen molar-refractivity contribution in [3.05, 3.63) is 48.3 Å². The fourth-order valence-electron chi connectivity index (χ4n) is 2.05. The average Bonchev–Trinajstić information content (AvgIpc) is 2.94. The van der Waals surface area contributed by atoms with Gasteiger partial charge in [-0.1, -0.05) is 12.1 Å².